The molecule has 0 aliphatic carbocycles. The zero-order valence-electron chi connectivity index (χ0n) is 20.3. The van der Waals surface area contributed by atoms with Gasteiger partial charge in [0.15, 0.2) is 21.3 Å². The van der Waals surface area contributed by atoms with E-state index in [1.165, 1.54) is 44.6 Å². The molecule has 1 aliphatic heterocycles. The fourth-order valence-corrected chi connectivity index (χ4v) is 6.11. The Kier molecular flexibility index (Phi) is 7.36. The van der Waals surface area contributed by atoms with E-state index in [9.17, 15) is 31.2 Å². The van der Waals surface area contributed by atoms with Crippen LogP contribution in [0.4, 0.5) is 24.5 Å². The number of para-hydroxylation sites is 1. The fourth-order valence-electron chi connectivity index (χ4n) is 4.20. The van der Waals surface area contributed by atoms with E-state index in [-0.39, 0.29) is 22.0 Å². The molecule has 0 radical (unpaired) electrons. The van der Waals surface area contributed by atoms with Crippen LogP contribution >= 0.6 is 0 Å². The molecular weight excluding hydrogens is 525 g/mol. The van der Waals surface area contributed by atoms with E-state index in [0.717, 1.165) is 29.2 Å². The van der Waals surface area contributed by atoms with Gasteiger partial charge in [0.1, 0.15) is 6.54 Å². The number of fused-ring (bicyclic) bond motifs is 1. The van der Waals surface area contributed by atoms with Crippen molar-refractivity contribution in [2.75, 3.05) is 31.0 Å². The number of carbonyl (C=O) groups is 2. The van der Waals surface area contributed by atoms with Crippen LogP contribution in [-0.2, 0) is 25.6 Å². The third kappa shape index (κ3) is 5.30. The Labute approximate surface area is 216 Å². The van der Waals surface area contributed by atoms with Crippen LogP contribution in [0.1, 0.15) is 22.8 Å². The lowest BCUT2D eigenvalue weighted by atomic mass is 10.1. The molecule has 0 saturated carbocycles. The van der Waals surface area contributed by atoms with Crippen molar-refractivity contribution in [2.45, 2.75) is 22.7 Å². The molecule has 0 saturated heterocycles. The van der Waals surface area contributed by atoms with Crippen molar-refractivity contribution in [1.29, 1.82) is 0 Å². The van der Waals surface area contributed by atoms with Crippen LogP contribution in [0.25, 0.3) is 0 Å². The fraction of sp³-hybridized carbons (Fsp3) is 0.231. The highest BCUT2D eigenvalue weighted by Crippen LogP contribution is 2.42. The Balaban J connectivity index is 1.65. The lowest BCUT2D eigenvalue weighted by molar-refractivity contribution is -0.137. The molecule has 4 rings (SSSR count). The molecule has 3 aromatic rings. The summed E-state index contributed by atoms with van der Waals surface area (Å²) in [5, 5.41) is 1.19. The summed E-state index contributed by atoms with van der Waals surface area (Å²) in [6.45, 7) is -0.551. The van der Waals surface area contributed by atoms with Crippen LogP contribution in [0.15, 0.2) is 71.6 Å². The average Bonchev–Trinajstić information content (AvgIpc) is 2.96. The Bertz CT molecular complexity index is 1470. The number of benzene rings is 3. The van der Waals surface area contributed by atoms with Crippen LogP contribution in [0, 0.1) is 0 Å². The first-order valence-corrected chi connectivity index (χ1v) is 12.8. The van der Waals surface area contributed by atoms with Gasteiger partial charge in [0.05, 0.1) is 35.6 Å². The summed E-state index contributed by atoms with van der Waals surface area (Å²) in [5.41, 5.74) is -0.446. The second-order valence-electron chi connectivity index (χ2n) is 8.42. The van der Waals surface area contributed by atoms with Gasteiger partial charge in [-0.1, -0.05) is 18.2 Å². The van der Waals surface area contributed by atoms with E-state index in [1.54, 1.807) is 12.1 Å². The van der Waals surface area contributed by atoms with Crippen LogP contribution < -0.4 is 19.7 Å². The number of rotatable bonds is 6. The zero-order chi connectivity index (χ0) is 27.7. The van der Waals surface area contributed by atoms with Gasteiger partial charge in [-0.15, -0.1) is 0 Å². The number of anilines is 2. The molecule has 1 aliphatic rings. The van der Waals surface area contributed by atoms with Crippen molar-refractivity contribution in [3.05, 3.63) is 77.9 Å². The molecule has 0 aromatic heterocycles. The van der Waals surface area contributed by atoms with Crippen LogP contribution in [0.5, 0.6) is 11.5 Å². The zero-order valence-corrected chi connectivity index (χ0v) is 21.1. The van der Waals surface area contributed by atoms with Crippen molar-refractivity contribution < 1.29 is 40.7 Å². The second kappa shape index (κ2) is 10.4. The van der Waals surface area contributed by atoms with Crippen molar-refractivity contribution in [3.8, 4) is 11.5 Å². The number of carbonyl (C=O) groups excluding carboxylic acids is 2. The minimum atomic E-state index is -4.53. The van der Waals surface area contributed by atoms with Crippen LogP contribution in [0.2, 0.25) is 0 Å². The molecular formula is C26H23F3N2O6S. The molecule has 1 heterocycles. The first-order chi connectivity index (χ1) is 18.0. The van der Waals surface area contributed by atoms with Crippen molar-refractivity contribution in [1.82, 2.24) is 0 Å². The van der Waals surface area contributed by atoms with Gasteiger partial charge in [0.25, 0.3) is 0 Å². The molecule has 12 heteroatoms. The predicted octanol–water partition coefficient (Wildman–Crippen LogP) is 4.61. The molecule has 2 amide bonds. The number of methoxy groups -OCH3 is 2. The number of amides is 2. The number of halogens is 3. The third-order valence-electron chi connectivity index (χ3n) is 6.08. The quantitative estimate of drug-likeness (QED) is 0.483. The topological polar surface area (TPSA) is 102 Å². The normalized spacial score (nSPS) is 16.8. The number of ether oxygens (including phenoxy) is 2. The molecule has 1 atom stereocenters. The van der Waals surface area contributed by atoms with E-state index >= 15 is 0 Å². The number of nitrogens with zero attached hydrogens (tertiary/aromatic N) is 1. The largest absolute Gasteiger partial charge is 0.493 e. The van der Waals surface area contributed by atoms with Gasteiger partial charge in [-0.2, -0.15) is 13.2 Å². The SMILES string of the molecule is COc1ccc(C2CC(=O)N(CC(=O)Nc3ccc(C(F)(F)F)cc3)c3ccccc3S2(=O)=O)cc1OC. The minimum Gasteiger partial charge on any atom is -0.493 e. The van der Waals surface area contributed by atoms with Gasteiger partial charge < -0.3 is 19.7 Å². The summed E-state index contributed by atoms with van der Waals surface area (Å²) in [6.07, 6.45) is -4.99. The van der Waals surface area contributed by atoms with Crippen molar-refractivity contribution in [3.63, 3.8) is 0 Å². The van der Waals surface area contributed by atoms with E-state index in [1.807, 2.05) is 0 Å². The third-order valence-corrected chi connectivity index (χ3v) is 8.22. The van der Waals surface area contributed by atoms with E-state index in [2.05, 4.69) is 5.32 Å². The smallest absolute Gasteiger partial charge is 0.416 e. The summed E-state index contributed by atoms with van der Waals surface area (Å²) in [5.74, 6) is -0.663. The highest BCUT2D eigenvalue weighted by molar-refractivity contribution is 7.92. The highest BCUT2D eigenvalue weighted by atomic mass is 32.2. The molecule has 200 valence electrons. The first kappa shape index (κ1) is 27.0. The molecule has 0 fully saturated rings. The predicted molar refractivity (Wildman–Crippen MR) is 133 cm³/mol. The average molecular weight is 549 g/mol. The number of alkyl halides is 3. The van der Waals surface area contributed by atoms with Gasteiger partial charge in [-0.05, 0) is 54.1 Å². The second-order valence-corrected chi connectivity index (χ2v) is 10.5. The minimum absolute atomic E-state index is 0.0306. The summed E-state index contributed by atoms with van der Waals surface area (Å²) in [6, 6.07) is 14.2. The standard InChI is InChI=1S/C26H23F3N2O6S/c1-36-20-12-7-16(13-21(20)37-2)23-14-25(33)31(19-5-3-4-6-22(19)38(23,34)35)15-24(32)30-18-10-8-17(9-11-18)26(27,28)29/h3-13,23H,14-15H2,1-2H3,(H,30,32). The molecule has 1 unspecified atom stereocenters. The molecule has 38 heavy (non-hydrogen) atoms. The molecule has 8 nitrogen and oxygen atoms in total. The van der Waals surface area contributed by atoms with Gasteiger partial charge >= 0.3 is 6.18 Å². The molecule has 3 aromatic carbocycles. The summed E-state index contributed by atoms with van der Waals surface area (Å²) < 4.78 is 76.4. The molecule has 0 spiro atoms. The summed E-state index contributed by atoms with van der Waals surface area (Å²) >= 11 is 0. The maximum atomic E-state index is 13.7. The van der Waals surface area contributed by atoms with E-state index < -0.39 is 51.6 Å². The van der Waals surface area contributed by atoms with E-state index in [0.29, 0.717) is 11.3 Å². The highest BCUT2D eigenvalue weighted by Gasteiger charge is 2.40. The van der Waals surface area contributed by atoms with Crippen molar-refractivity contribution >= 4 is 33.0 Å². The van der Waals surface area contributed by atoms with Gasteiger partial charge in [0.2, 0.25) is 11.8 Å². The summed E-state index contributed by atoms with van der Waals surface area (Å²) in [4.78, 5) is 27.1. The number of hydrogen-bond donors (Lipinski definition) is 1. The van der Waals surface area contributed by atoms with E-state index in [4.69, 9.17) is 9.47 Å². The Morgan fingerprint density at radius 1 is 1.00 bits per heavy atom. The van der Waals surface area contributed by atoms with Gasteiger partial charge in [-0.3, -0.25) is 9.59 Å². The summed E-state index contributed by atoms with van der Waals surface area (Å²) in [7, 11) is -1.25. The number of sulfone groups is 1. The van der Waals surface area contributed by atoms with Crippen LogP contribution in [-0.4, -0.2) is 41.0 Å². The maximum Gasteiger partial charge on any atom is 0.416 e. The lowest BCUT2D eigenvalue weighted by Crippen LogP contribution is -2.38. The monoisotopic (exact) mass is 548 g/mol. The molecule has 1 N–H and O–H groups in total. The van der Waals surface area contributed by atoms with Gasteiger partial charge in [0, 0.05) is 12.1 Å². The number of hydrogen-bond acceptors (Lipinski definition) is 6. The lowest BCUT2D eigenvalue weighted by Gasteiger charge is -2.22. The Morgan fingerprint density at radius 2 is 1.66 bits per heavy atom. The Morgan fingerprint density at radius 3 is 2.29 bits per heavy atom. The molecule has 0 bridgehead atoms. The van der Waals surface area contributed by atoms with Crippen LogP contribution in [0.3, 0.4) is 0 Å². The van der Waals surface area contributed by atoms with Gasteiger partial charge in [-0.25, -0.2) is 8.42 Å². The van der Waals surface area contributed by atoms with Crippen molar-refractivity contribution in [2.24, 2.45) is 0 Å². The Hall–Kier alpha value is -4.06. The number of nitrogens with one attached hydrogen (secondary N) is 1. The maximum absolute atomic E-state index is 13.7. The first-order valence-electron chi connectivity index (χ1n) is 11.3.